The lowest BCUT2D eigenvalue weighted by Crippen LogP contribution is -2.52. The van der Waals surface area contributed by atoms with E-state index in [2.05, 4.69) is 36.7 Å². The average molecular weight is 621 g/mol. The maximum Gasteiger partial charge on any atom is 0.226 e. The molecule has 0 heterocycles. The summed E-state index contributed by atoms with van der Waals surface area (Å²) in [6.45, 7) is 16.7. The molecule has 236 valence electrons. The molecular weight excluding hydrogens is 566 g/mol. The van der Waals surface area contributed by atoms with Crippen LogP contribution in [0.1, 0.15) is 81.1 Å². The lowest BCUT2D eigenvalue weighted by atomic mass is 9.51. The van der Waals surface area contributed by atoms with Crippen molar-refractivity contribution < 1.29 is 23.9 Å². The molecule has 0 aromatic heterocycles. The number of ether oxygens (including phenoxy) is 1. The van der Waals surface area contributed by atoms with Gasteiger partial charge in [-0.2, -0.15) is 23.5 Å². The molecule has 8 nitrogen and oxygen atoms in total. The van der Waals surface area contributed by atoms with Crippen LogP contribution in [-0.2, 0) is 23.9 Å². The molecule has 1 fully saturated rings. The maximum absolute atomic E-state index is 13.2. The summed E-state index contributed by atoms with van der Waals surface area (Å²) in [4.78, 5) is 50.6. The molecule has 0 aromatic rings. The first-order chi connectivity index (χ1) is 19.5. The highest BCUT2D eigenvalue weighted by Crippen LogP contribution is 2.40. The molecule has 0 spiro atoms. The van der Waals surface area contributed by atoms with Crippen LogP contribution in [0.5, 0.6) is 0 Å². The zero-order valence-electron chi connectivity index (χ0n) is 27.9. The van der Waals surface area contributed by atoms with Crippen LogP contribution in [-0.4, -0.2) is 112 Å². The van der Waals surface area contributed by atoms with E-state index in [1.54, 1.807) is 11.8 Å². The van der Waals surface area contributed by atoms with Gasteiger partial charge in [0.2, 0.25) is 5.91 Å². The highest BCUT2D eigenvalue weighted by molar-refractivity contribution is 8.04. The van der Waals surface area contributed by atoms with E-state index < -0.39 is 16.9 Å². The minimum Gasteiger partial charge on any atom is -0.366 e. The summed E-state index contributed by atoms with van der Waals surface area (Å²) in [5, 5.41) is 10.4. The highest BCUT2D eigenvalue weighted by atomic mass is 32.2. The molecule has 0 bridgehead atoms. The molecule has 4 atom stereocenters. The molecule has 0 aromatic carbocycles. The molecule has 1 aliphatic rings. The summed E-state index contributed by atoms with van der Waals surface area (Å²) in [5.41, 5.74) is -0.883. The predicted octanol–water partition coefficient (Wildman–Crippen LogP) is 0.233. The van der Waals surface area contributed by atoms with Crippen molar-refractivity contribution in [3.8, 4) is 0 Å². The Morgan fingerprint density at radius 3 is 1.90 bits per heavy atom. The molecule has 3 N–H and O–H groups in total. The van der Waals surface area contributed by atoms with Crippen LogP contribution in [0.15, 0.2) is 0 Å². The Bertz CT molecular complexity index is 905. The first-order valence-electron chi connectivity index (χ1n) is 15.7. The Balaban J connectivity index is 2.57. The fraction of sp³-hybridized carbons (Fsp3) is 0.857. The van der Waals surface area contributed by atoms with E-state index in [4.69, 9.17) is 4.74 Å². The SMILES string of the molecule is BBC(=O)C(CSC1CCC1SCC(NC(C)(C)CC)C(=O)BB)NC(=O)C(C)(C)CCOCNCC(=O)C(C)(C)C. The number of thioether (sulfide) groups is 2. The van der Waals surface area contributed by atoms with Crippen molar-refractivity contribution in [2.24, 2.45) is 10.8 Å². The van der Waals surface area contributed by atoms with Gasteiger partial charge in [0, 0.05) is 45.0 Å². The number of Topliss-reactive ketones (excluding diaryl/α,β-unsaturated/α-hetero) is 1. The smallest absolute Gasteiger partial charge is 0.226 e. The van der Waals surface area contributed by atoms with Crippen LogP contribution in [0.3, 0.4) is 0 Å². The second-order valence-corrected chi connectivity index (χ2v) is 16.3. The van der Waals surface area contributed by atoms with E-state index in [0.717, 1.165) is 25.0 Å². The summed E-state index contributed by atoms with van der Waals surface area (Å²) < 4.78 is 5.62. The first-order valence-corrected chi connectivity index (χ1v) is 17.8. The van der Waals surface area contributed by atoms with Gasteiger partial charge in [0.25, 0.3) is 0 Å². The Hall–Kier alpha value is -0.680. The van der Waals surface area contributed by atoms with E-state index in [1.807, 2.05) is 61.9 Å². The van der Waals surface area contributed by atoms with Crippen LogP contribution >= 0.6 is 23.5 Å². The van der Waals surface area contributed by atoms with Crippen molar-refractivity contribution in [3.63, 3.8) is 0 Å². The number of amides is 1. The number of carbonyl (C=O) groups is 4. The van der Waals surface area contributed by atoms with Crippen LogP contribution in [0, 0.1) is 10.8 Å². The second-order valence-electron chi connectivity index (χ2n) is 13.7. The van der Waals surface area contributed by atoms with E-state index in [1.165, 1.54) is 0 Å². The molecule has 1 aliphatic carbocycles. The molecule has 1 rings (SSSR count). The molecule has 0 saturated heterocycles. The zero-order valence-corrected chi connectivity index (χ0v) is 29.6. The van der Waals surface area contributed by atoms with E-state index in [9.17, 15) is 19.2 Å². The van der Waals surface area contributed by atoms with Gasteiger partial charge in [-0.15, -0.1) is 0 Å². The Morgan fingerprint density at radius 1 is 0.905 bits per heavy atom. The van der Waals surface area contributed by atoms with Crippen LogP contribution in [0.2, 0.25) is 0 Å². The number of carbonyl (C=O) groups excluding carboxylic acids is 4. The summed E-state index contributed by atoms with van der Waals surface area (Å²) in [6, 6.07) is -0.673. The van der Waals surface area contributed by atoms with Gasteiger partial charge >= 0.3 is 0 Å². The summed E-state index contributed by atoms with van der Waals surface area (Å²) >= 11 is 3.63. The number of hydrogen-bond donors (Lipinski definition) is 3. The minimum atomic E-state index is -0.701. The number of hydrogen-bond acceptors (Lipinski definition) is 9. The third-order valence-corrected chi connectivity index (χ3v) is 11.4. The maximum atomic E-state index is 13.2. The lowest BCUT2D eigenvalue weighted by molar-refractivity contribution is -0.132. The zero-order chi connectivity index (χ0) is 32.1. The average Bonchev–Trinajstić information content (AvgIpc) is 2.91. The van der Waals surface area contributed by atoms with Crippen molar-refractivity contribution in [2.75, 3.05) is 31.4 Å². The third-order valence-electron chi connectivity index (χ3n) is 8.15. The standard InChI is InChI=1S/C28H55B4N3O5S2/c1-9-28(7,8)35-19(24(38)32-30)16-42-21-11-10-20(21)41-15-18(23(37)31-29)34-25(39)27(5,6)12-13-40-17-33-14-22(36)26(2,3)4/h18-21,31-33,35H,9-17,29-30H2,1-8H3,(H,34,39). The molecule has 0 aliphatic heterocycles. The van der Waals surface area contributed by atoms with Gasteiger partial charge in [0.15, 0.2) is 20.1 Å². The van der Waals surface area contributed by atoms with E-state index in [-0.39, 0.29) is 47.9 Å². The van der Waals surface area contributed by atoms with Gasteiger partial charge in [-0.3, -0.25) is 14.9 Å². The third kappa shape index (κ3) is 14.0. The van der Waals surface area contributed by atoms with Crippen molar-refractivity contribution in [2.45, 2.75) is 109 Å². The Morgan fingerprint density at radius 2 is 1.43 bits per heavy atom. The van der Waals surface area contributed by atoms with Crippen LogP contribution in [0.25, 0.3) is 0 Å². The molecule has 0 radical (unpaired) electrons. The largest absolute Gasteiger partial charge is 0.366 e. The fourth-order valence-electron chi connectivity index (χ4n) is 4.13. The molecule has 14 heteroatoms. The van der Waals surface area contributed by atoms with E-state index >= 15 is 0 Å². The first kappa shape index (κ1) is 39.3. The molecule has 1 saturated carbocycles. The van der Waals surface area contributed by atoms with Gasteiger partial charge in [-0.05, 0) is 39.5 Å². The van der Waals surface area contributed by atoms with Gasteiger partial charge in [0.1, 0.15) is 5.68 Å². The summed E-state index contributed by atoms with van der Waals surface area (Å²) in [5.74, 6) is 1.27. The van der Waals surface area contributed by atoms with Crippen molar-refractivity contribution in [1.82, 2.24) is 16.0 Å². The van der Waals surface area contributed by atoms with E-state index in [0.29, 0.717) is 43.6 Å². The Kier molecular flexibility index (Phi) is 17.2. The molecule has 4 unspecified atom stereocenters. The second kappa shape index (κ2) is 18.3. The van der Waals surface area contributed by atoms with Crippen molar-refractivity contribution >= 4 is 76.4 Å². The van der Waals surface area contributed by atoms with Crippen LogP contribution < -0.4 is 16.0 Å². The molecule has 1 amide bonds. The van der Waals surface area contributed by atoms with Crippen molar-refractivity contribution in [1.29, 1.82) is 0 Å². The number of nitrogens with one attached hydrogen (secondary N) is 3. The quantitative estimate of drug-likeness (QED) is 0.0890. The van der Waals surface area contributed by atoms with Gasteiger partial charge in [0.05, 0.1) is 46.5 Å². The summed E-state index contributed by atoms with van der Waals surface area (Å²) in [6.07, 6.45) is 3.64. The molecular formula is C28H55B4N3O5S2. The molecule has 42 heavy (non-hydrogen) atoms. The predicted molar refractivity (Wildman–Crippen MR) is 188 cm³/mol. The number of ketones is 1. The van der Waals surface area contributed by atoms with Gasteiger partial charge in [-0.25, -0.2) is 0 Å². The normalized spacial score (nSPS) is 18.9. The lowest BCUT2D eigenvalue weighted by Gasteiger charge is -2.38. The summed E-state index contributed by atoms with van der Waals surface area (Å²) in [7, 11) is 4.65. The monoisotopic (exact) mass is 621 g/mol. The Labute approximate surface area is 266 Å². The highest BCUT2D eigenvalue weighted by Gasteiger charge is 2.36. The fourth-order valence-corrected chi connectivity index (χ4v) is 7.32. The topological polar surface area (TPSA) is 114 Å². The van der Waals surface area contributed by atoms with Gasteiger partial charge in [-0.1, -0.05) is 41.5 Å². The van der Waals surface area contributed by atoms with Crippen molar-refractivity contribution in [3.05, 3.63) is 0 Å². The van der Waals surface area contributed by atoms with Gasteiger partial charge < -0.3 is 25.0 Å². The minimum absolute atomic E-state index is 0.0405. The number of rotatable bonds is 22. The van der Waals surface area contributed by atoms with Crippen LogP contribution in [0.4, 0.5) is 0 Å².